The van der Waals surface area contributed by atoms with Crippen molar-refractivity contribution in [1.29, 1.82) is 0 Å². The molecule has 0 aliphatic carbocycles. The fourth-order valence-corrected chi connectivity index (χ4v) is 3.50. The quantitative estimate of drug-likeness (QED) is 0.930. The molecule has 5 heteroatoms. The molecule has 1 N–H and O–H groups in total. The number of piperidine rings is 1. The Morgan fingerprint density at radius 3 is 3.06 bits per heavy atom. The number of aliphatic carboxylic acids is 1. The van der Waals surface area contributed by atoms with Crippen LogP contribution >= 0.6 is 27.3 Å². The molecule has 0 bridgehead atoms. The third-order valence-corrected chi connectivity index (χ3v) is 4.82. The molecule has 1 aromatic heterocycles. The lowest BCUT2D eigenvalue weighted by Crippen LogP contribution is -2.46. The normalized spacial score (nSPS) is 26.0. The molecule has 1 saturated heterocycles. The van der Waals surface area contributed by atoms with Gasteiger partial charge in [-0.25, -0.2) is 0 Å². The van der Waals surface area contributed by atoms with Crippen molar-refractivity contribution in [2.24, 2.45) is 5.92 Å². The summed E-state index contributed by atoms with van der Waals surface area (Å²) in [7, 11) is 0. The molecule has 2 atom stereocenters. The summed E-state index contributed by atoms with van der Waals surface area (Å²) >= 11 is 5.08. The molecule has 1 aliphatic rings. The summed E-state index contributed by atoms with van der Waals surface area (Å²) in [5.41, 5.74) is 1.20. The van der Waals surface area contributed by atoms with E-state index in [-0.39, 0.29) is 6.04 Å². The molecule has 17 heavy (non-hydrogen) atoms. The van der Waals surface area contributed by atoms with Crippen molar-refractivity contribution in [3.05, 3.63) is 20.8 Å². The Balaban J connectivity index is 2.05. The molecule has 2 unspecified atom stereocenters. The summed E-state index contributed by atoms with van der Waals surface area (Å²) in [4.78, 5) is 13.3. The van der Waals surface area contributed by atoms with Crippen LogP contribution in [0.5, 0.6) is 0 Å². The molecule has 0 radical (unpaired) electrons. The first kappa shape index (κ1) is 13.1. The SMILES string of the molecule is CC1CCN(Cc2csc(Br)c2)C(C(=O)O)C1. The molecule has 0 spiro atoms. The summed E-state index contributed by atoms with van der Waals surface area (Å²) in [6.07, 6.45) is 1.86. The maximum Gasteiger partial charge on any atom is 0.320 e. The highest BCUT2D eigenvalue weighted by Gasteiger charge is 2.31. The molecule has 2 heterocycles. The van der Waals surface area contributed by atoms with Crippen molar-refractivity contribution in [1.82, 2.24) is 4.90 Å². The van der Waals surface area contributed by atoms with Crippen LogP contribution in [0.3, 0.4) is 0 Å². The first-order valence-electron chi connectivity index (χ1n) is 5.76. The Morgan fingerprint density at radius 1 is 1.71 bits per heavy atom. The molecule has 1 fully saturated rings. The van der Waals surface area contributed by atoms with Crippen molar-refractivity contribution in [2.45, 2.75) is 32.4 Å². The summed E-state index contributed by atoms with van der Waals surface area (Å²) in [5.74, 6) is -0.174. The summed E-state index contributed by atoms with van der Waals surface area (Å²) in [6.45, 7) is 3.76. The van der Waals surface area contributed by atoms with E-state index in [0.29, 0.717) is 5.92 Å². The van der Waals surface area contributed by atoms with Gasteiger partial charge in [-0.3, -0.25) is 9.69 Å². The lowest BCUT2D eigenvalue weighted by Gasteiger charge is -2.35. The van der Waals surface area contributed by atoms with Crippen LogP contribution in [0.1, 0.15) is 25.3 Å². The second-order valence-electron chi connectivity index (χ2n) is 4.71. The summed E-state index contributed by atoms with van der Waals surface area (Å²) in [6, 6.07) is 1.75. The third-order valence-electron chi connectivity index (χ3n) is 3.27. The Hall–Kier alpha value is -0.390. The Labute approximate surface area is 114 Å². The fourth-order valence-electron chi connectivity index (χ4n) is 2.30. The minimum atomic E-state index is -0.689. The van der Waals surface area contributed by atoms with Gasteiger partial charge in [-0.15, -0.1) is 11.3 Å². The van der Waals surface area contributed by atoms with Crippen molar-refractivity contribution >= 4 is 33.2 Å². The smallest absolute Gasteiger partial charge is 0.320 e. The largest absolute Gasteiger partial charge is 0.480 e. The van der Waals surface area contributed by atoms with Gasteiger partial charge in [-0.1, -0.05) is 6.92 Å². The molecular formula is C12H16BrNO2S. The molecule has 1 aliphatic heterocycles. The van der Waals surface area contributed by atoms with E-state index in [1.165, 1.54) is 5.56 Å². The minimum Gasteiger partial charge on any atom is -0.480 e. The second-order valence-corrected chi connectivity index (χ2v) is 7.00. The molecule has 0 amide bonds. The number of carboxylic acids is 1. The van der Waals surface area contributed by atoms with Crippen LogP contribution in [0.25, 0.3) is 0 Å². The predicted molar refractivity (Wildman–Crippen MR) is 72.3 cm³/mol. The highest BCUT2D eigenvalue weighted by molar-refractivity contribution is 9.11. The number of halogens is 1. The predicted octanol–water partition coefficient (Wildman–Crippen LogP) is 3.20. The van der Waals surface area contributed by atoms with Crippen LogP contribution in [-0.4, -0.2) is 28.6 Å². The first-order chi connectivity index (χ1) is 8.06. The molecule has 3 nitrogen and oxygen atoms in total. The van der Waals surface area contributed by atoms with Crippen LogP contribution in [0.15, 0.2) is 15.2 Å². The number of rotatable bonds is 3. The van der Waals surface area contributed by atoms with Crippen molar-refractivity contribution < 1.29 is 9.90 Å². The van der Waals surface area contributed by atoms with Gasteiger partial charge in [0, 0.05) is 6.54 Å². The van der Waals surface area contributed by atoms with E-state index >= 15 is 0 Å². The van der Waals surface area contributed by atoms with Crippen LogP contribution in [0.2, 0.25) is 0 Å². The van der Waals surface area contributed by atoms with Crippen molar-refractivity contribution in [2.75, 3.05) is 6.54 Å². The molecular weight excluding hydrogens is 302 g/mol. The molecule has 2 rings (SSSR count). The van der Waals surface area contributed by atoms with Crippen LogP contribution in [0, 0.1) is 5.92 Å². The number of hydrogen-bond donors (Lipinski definition) is 1. The first-order valence-corrected chi connectivity index (χ1v) is 7.43. The van der Waals surface area contributed by atoms with Gasteiger partial charge in [0.25, 0.3) is 0 Å². The number of nitrogens with zero attached hydrogens (tertiary/aromatic N) is 1. The van der Waals surface area contributed by atoms with Gasteiger partial charge in [0.15, 0.2) is 0 Å². The lowest BCUT2D eigenvalue weighted by atomic mass is 9.92. The van der Waals surface area contributed by atoms with Gasteiger partial charge in [-0.2, -0.15) is 0 Å². The van der Waals surface area contributed by atoms with Crippen LogP contribution in [0.4, 0.5) is 0 Å². The van der Waals surface area contributed by atoms with Gasteiger partial charge in [-0.05, 0) is 58.2 Å². The van der Waals surface area contributed by atoms with Gasteiger partial charge in [0.1, 0.15) is 6.04 Å². The number of thiophene rings is 1. The lowest BCUT2D eigenvalue weighted by molar-refractivity contribution is -0.145. The fraction of sp³-hybridized carbons (Fsp3) is 0.583. The topological polar surface area (TPSA) is 40.5 Å². The zero-order valence-corrected chi connectivity index (χ0v) is 12.1. The number of hydrogen-bond acceptors (Lipinski definition) is 3. The van der Waals surface area contributed by atoms with E-state index in [1.54, 1.807) is 11.3 Å². The number of likely N-dealkylation sites (tertiary alicyclic amines) is 1. The Bertz CT molecular complexity index is 407. The highest BCUT2D eigenvalue weighted by atomic mass is 79.9. The second kappa shape index (κ2) is 5.50. The number of carbonyl (C=O) groups is 1. The summed E-state index contributed by atoms with van der Waals surface area (Å²) < 4.78 is 1.10. The van der Waals surface area contributed by atoms with Crippen molar-refractivity contribution in [3.8, 4) is 0 Å². The highest BCUT2D eigenvalue weighted by Crippen LogP contribution is 2.27. The van der Waals surface area contributed by atoms with Gasteiger partial charge < -0.3 is 5.11 Å². The Morgan fingerprint density at radius 2 is 2.47 bits per heavy atom. The molecule has 0 aromatic carbocycles. The third kappa shape index (κ3) is 3.30. The maximum absolute atomic E-state index is 11.3. The minimum absolute atomic E-state index is 0.322. The van der Waals surface area contributed by atoms with Gasteiger partial charge in [0.05, 0.1) is 3.79 Å². The zero-order valence-electron chi connectivity index (χ0n) is 9.73. The zero-order chi connectivity index (χ0) is 12.4. The Kier molecular flexibility index (Phi) is 4.22. The van der Waals surface area contributed by atoms with E-state index < -0.39 is 5.97 Å². The van der Waals surface area contributed by atoms with Crippen LogP contribution < -0.4 is 0 Å². The number of carboxylic acid groups (broad SMARTS) is 1. The average molecular weight is 318 g/mol. The van der Waals surface area contributed by atoms with Crippen molar-refractivity contribution in [3.63, 3.8) is 0 Å². The maximum atomic E-state index is 11.3. The van der Waals surface area contributed by atoms with E-state index in [1.807, 2.05) is 0 Å². The van der Waals surface area contributed by atoms with E-state index in [9.17, 15) is 9.90 Å². The molecule has 0 saturated carbocycles. The molecule has 1 aromatic rings. The van der Waals surface area contributed by atoms with Gasteiger partial charge in [0.2, 0.25) is 0 Å². The molecule has 94 valence electrons. The standard InChI is InChI=1S/C12H16BrNO2S/c1-8-2-3-14(10(4-8)12(15)16)6-9-5-11(13)17-7-9/h5,7-8,10H,2-4,6H2,1H3,(H,15,16). The van der Waals surface area contributed by atoms with E-state index in [0.717, 1.165) is 29.7 Å². The van der Waals surface area contributed by atoms with E-state index in [4.69, 9.17) is 0 Å². The summed E-state index contributed by atoms with van der Waals surface area (Å²) in [5, 5.41) is 11.3. The van der Waals surface area contributed by atoms with Crippen LogP contribution in [-0.2, 0) is 11.3 Å². The van der Waals surface area contributed by atoms with Gasteiger partial charge >= 0.3 is 5.97 Å². The monoisotopic (exact) mass is 317 g/mol. The average Bonchev–Trinajstić information content (AvgIpc) is 2.66. The van der Waals surface area contributed by atoms with E-state index in [2.05, 4.69) is 39.2 Å².